The van der Waals surface area contributed by atoms with Gasteiger partial charge in [0.25, 0.3) is 0 Å². The Morgan fingerprint density at radius 1 is 1.53 bits per heavy atom. The molecule has 15 heavy (non-hydrogen) atoms. The van der Waals surface area contributed by atoms with Crippen molar-refractivity contribution in [2.24, 2.45) is 0 Å². The van der Waals surface area contributed by atoms with Crippen LogP contribution in [0.2, 0.25) is 0 Å². The molecule has 0 spiro atoms. The molecular formula is C10H12N4O. The van der Waals surface area contributed by atoms with Crippen molar-refractivity contribution in [1.82, 2.24) is 14.6 Å². The van der Waals surface area contributed by atoms with E-state index >= 15 is 0 Å². The fraction of sp³-hybridized carbons (Fsp3) is 0.400. The van der Waals surface area contributed by atoms with E-state index in [1.54, 1.807) is 16.8 Å². The molecule has 1 unspecified atom stereocenters. The van der Waals surface area contributed by atoms with Crippen molar-refractivity contribution >= 4 is 11.5 Å². The van der Waals surface area contributed by atoms with Crippen LogP contribution < -0.4 is 5.73 Å². The van der Waals surface area contributed by atoms with Crippen molar-refractivity contribution in [3.63, 3.8) is 0 Å². The number of fused-ring (bicyclic) bond motifs is 1. The van der Waals surface area contributed by atoms with Crippen LogP contribution in [0.1, 0.15) is 17.9 Å². The first-order valence-corrected chi connectivity index (χ1v) is 5.02. The minimum atomic E-state index is 0.414. The van der Waals surface area contributed by atoms with Gasteiger partial charge in [0.1, 0.15) is 5.82 Å². The Hall–Kier alpha value is -1.62. The van der Waals surface area contributed by atoms with Crippen LogP contribution in [-0.4, -0.2) is 27.8 Å². The van der Waals surface area contributed by atoms with E-state index in [0.29, 0.717) is 11.7 Å². The standard InChI is InChI=1S/C10H12N4O/c11-9-1-3-12-10-8(5-13-14(9)10)7-2-4-15-6-7/h1,3,5,7H,2,4,6,11H2. The number of nitrogens with two attached hydrogens (primary N) is 1. The first-order chi connectivity index (χ1) is 7.36. The van der Waals surface area contributed by atoms with Crippen LogP contribution >= 0.6 is 0 Å². The topological polar surface area (TPSA) is 65.4 Å². The highest BCUT2D eigenvalue weighted by atomic mass is 16.5. The first kappa shape index (κ1) is 8.67. The lowest BCUT2D eigenvalue weighted by atomic mass is 10.0. The zero-order valence-corrected chi connectivity index (χ0v) is 8.26. The Labute approximate surface area is 86.9 Å². The number of hydrogen-bond donors (Lipinski definition) is 1. The van der Waals surface area contributed by atoms with Gasteiger partial charge in [0.2, 0.25) is 0 Å². The number of anilines is 1. The van der Waals surface area contributed by atoms with Gasteiger partial charge in [-0.25, -0.2) is 4.98 Å². The summed E-state index contributed by atoms with van der Waals surface area (Å²) in [4.78, 5) is 4.31. The summed E-state index contributed by atoms with van der Waals surface area (Å²) in [6, 6.07) is 1.74. The van der Waals surface area contributed by atoms with Gasteiger partial charge in [-0.05, 0) is 12.5 Å². The van der Waals surface area contributed by atoms with Crippen molar-refractivity contribution < 1.29 is 4.74 Å². The number of rotatable bonds is 1. The monoisotopic (exact) mass is 204 g/mol. The van der Waals surface area contributed by atoms with E-state index in [9.17, 15) is 0 Å². The fourth-order valence-electron chi connectivity index (χ4n) is 2.00. The van der Waals surface area contributed by atoms with E-state index < -0.39 is 0 Å². The second-order valence-electron chi connectivity index (χ2n) is 3.77. The number of nitrogen functional groups attached to an aromatic ring is 1. The molecule has 0 amide bonds. The maximum Gasteiger partial charge on any atom is 0.160 e. The van der Waals surface area contributed by atoms with Gasteiger partial charge < -0.3 is 10.5 Å². The van der Waals surface area contributed by atoms with Gasteiger partial charge >= 0.3 is 0 Å². The normalized spacial score (nSPS) is 21.2. The van der Waals surface area contributed by atoms with Crippen molar-refractivity contribution in [3.8, 4) is 0 Å². The summed E-state index contributed by atoms with van der Waals surface area (Å²) in [6.07, 6.45) is 4.60. The second-order valence-corrected chi connectivity index (χ2v) is 3.77. The van der Waals surface area contributed by atoms with E-state index in [1.165, 1.54) is 0 Å². The van der Waals surface area contributed by atoms with Crippen LogP contribution in [0.4, 0.5) is 5.82 Å². The minimum Gasteiger partial charge on any atom is -0.384 e. The van der Waals surface area contributed by atoms with Crippen molar-refractivity contribution in [3.05, 3.63) is 24.0 Å². The summed E-state index contributed by atoms with van der Waals surface area (Å²) in [6.45, 7) is 1.59. The molecule has 5 nitrogen and oxygen atoms in total. The molecule has 1 saturated heterocycles. The SMILES string of the molecule is Nc1ccnc2c(C3CCOC3)cnn12. The zero-order chi connectivity index (χ0) is 10.3. The summed E-state index contributed by atoms with van der Waals surface area (Å²) in [7, 11) is 0. The lowest BCUT2D eigenvalue weighted by Crippen LogP contribution is -2.01. The van der Waals surface area contributed by atoms with Crippen LogP contribution in [-0.2, 0) is 4.74 Å². The summed E-state index contributed by atoms with van der Waals surface area (Å²) >= 11 is 0. The van der Waals surface area contributed by atoms with E-state index in [2.05, 4.69) is 10.1 Å². The maximum atomic E-state index is 5.80. The molecular weight excluding hydrogens is 192 g/mol. The third kappa shape index (κ3) is 1.27. The maximum absolute atomic E-state index is 5.80. The Morgan fingerprint density at radius 3 is 3.27 bits per heavy atom. The number of ether oxygens (including phenoxy) is 1. The largest absolute Gasteiger partial charge is 0.384 e. The molecule has 0 aliphatic carbocycles. The van der Waals surface area contributed by atoms with Crippen LogP contribution in [0.3, 0.4) is 0 Å². The van der Waals surface area contributed by atoms with Gasteiger partial charge in [0.05, 0.1) is 12.8 Å². The Morgan fingerprint density at radius 2 is 2.47 bits per heavy atom. The summed E-state index contributed by atoms with van der Waals surface area (Å²) in [5.74, 6) is 1.03. The van der Waals surface area contributed by atoms with Gasteiger partial charge in [-0.2, -0.15) is 9.61 Å². The fourth-order valence-corrected chi connectivity index (χ4v) is 2.00. The predicted octanol–water partition coefficient (Wildman–Crippen LogP) is 0.815. The van der Waals surface area contributed by atoms with E-state index in [0.717, 1.165) is 30.8 Å². The minimum absolute atomic E-state index is 0.414. The highest BCUT2D eigenvalue weighted by Gasteiger charge is 2.22. The number of aromatic nitrogens is 3. The molecule has 0 saturated carbocycles. The van der Waals surface area contributed by atoms with Crippen molar-refractivity contribution in [2.45, 2.75) is 12.3 Å². The lowest BCUT2D eigenvalue weighted by molar-refractivity contribution is 0.194. The first-order valence-electron chi connectivity index (χ1n) is 5.02. The predicted molar refractivity (Wildman–Crippen MR) is 55.6 cm³/mol. The zero-order valence-electron chi connectivity index (χ0n) is 8.26. The van der Waals surface area contributed by atoms with Crippen LogP contribution in [0, 0.1) is 0 Å². The average molecular weight is 204 g/mol. The Balaban J connectivity index is 2.15. The lowest BCUT2D eigenvalue weighted by Gasteiger charge is -2.04. The molecule has 0 radical (unpaired) electrons. The molecule has 1 atom stereocenters. The third-order valence-electron chi connectivity index (χ3n) is 2.83. The van der Waals surface area contributed by atoms with E-state index in [4.69, 9.17) is 10.5 Å². The summed E-state index contributed by atoms with van der Waals surface area (Å²) < 4.78 is 7.04. The van der Waals surface area contributed by atoms with Gasteiger partial charge in [-0.1, -0.05) is 0 Å². The summed E-state index contributed by atoms with van der Waals surface area (Å²) in [5.41, 5.74) is 7.79. The molecule has 2 N–H and O–H groups in total. The van der Waals surface area contributed by atoms with E-state index in [1.807, 2.05) is 6.20 Å². The van der Waals surface area contributed by atoms with Crippen LogP contribution in [0.5, 0.6) is 0 Å². The molecule has 3 rings (SSSR count). The van der Waals surface area contributed by atoms with Crippen LogP contribution in [0.15, 0.2) is 18.5 Å². The molecule has 0 bridgehead atoms. The Bertz CT molecular complexity index is 487. The van der Waals surface area contributed by atoms with Gasteiger partial charge in [0, 0.05) is 24.3 Å². The van der Waals surface area contributed by atoms with Gasteiger partial charge in [0.15, 0.2) is 5.65 Å². The quantitative estimate of drug-likeness (QED) is 0.746. The highest BCUT2D eigenvalue weighted by molar-refractivity contribution is 5.52. The van der Waals surface area contributed by atoms with Crippen molar-refractivity contribution in [1.29, 1.82) is 0 Å². The average Bonchev–Trinajstić information content (AvgIpc) is 2.85. The molecule has 5 heteroatoms. The third-order valence-corrected chi connectivity index (χ3v) is 2.83. The molecule has 1 aliphatic heterocycles. The molecule has 2 aromatic heterocycles. The summed E-state index contributed by atoms with van der Waals surface area (Å²) in [5, 5.41) is 4.24. The molecule has 78 valence electrons. The molecule has 2 aromatic rings. The number of hydrogen-bond acceptors (Lipinski definition) is 4. The molecule has 1 fully saturated rings. The van der Waals surface area contributed by atoms with Gasteiger partial charge in [-0.15, -0.1) is 0 Å². The second kappa shape index (κ2) is 3.20. The van der Waals surface area contributed by atoms with Crippen LogP contribution in [0.25, 0.3) is 5.65 Å². The highest BCUT2D eigenvalue weighted by Crippen LogP contribution is 2.27. The smallest absolute Gasteiger partial charge is 0.160 e. The van der Waals surface area contributed by atoms with E-state index in [-0.39, 0.29) is 0 Å². The van der Waals surface area contributed by atoms with Crippen molar-refractivity contribution in [2.75, 3.05) is 18.9 Å². The molecule has 1 aliphatic rings. The number of nitrogens with zero attached hydrogens (tertiary/aromatic N) is 3. The molecule has 0 aromatic carbocycles. The Kier molecular flexibility index (Phi) is 1.85. The molecule has 3 heterocycles. The van der Waals surface area contributed by atoms with Gasteiger partial charge in [-0.3, -0.25) is 0 Å².